The zero-order chi connectivity index (χ0) is 36.9. The number of benzene rings is 4. The van der Waals surface area contributed by atoms with Crippen LogP contribution in [0.4, 0.5) is 11.4 Å². The first-order valence-corrected chi connectivity index (χ1v) is 17.3. The zero-order valence-corrected chi connectivity index (χ0v) is 27.8. The first kappa shape index (κ1) is 34.1. The van der Waals surface area contributed by atoms with Gasteiger partial charge < -0.3 is 27.4 Å². The monoisotopic (exact) mass is 730 g/mol. The third-order valence-electron chi connectivity index (χ3n) is 7.99. The van der Waals surface area contributed by atoms with Crippen molar-refractivity contribution in [2.45, 2.75) is 29.1 Å². The van der Waals surface area contributed by atoms with Crippen LogP contribution in [0.25, 0.3) is 31.9 Å². The van der Waals surface area contributed by atoms with Gasteiger partial charge in [0.25, 0.3) is 0 Å². The topological polar surface area (TPSA) is 244 Å². The van der Waals surface area contributed by atoms with Crippen LogP contribution >= 0.6 is 0 Å². The van der Waals surface area contributed by atoms with Gasteiger partial charge in [-0.15, -0.1) is 0 Å². The molecule has 0 atom stereocenters. The summed E-state index contributed by atoms with van der Waals surface area (Å²) in [5.74, 6) is -1.62. The van der Waals surface area contributed by atoms with Crippen LogP contribution in [0.3, 0.4) is 0 Å². The Hall–Kier alpha value is -6.76. The number of diazo groups is 2. The third-order valence-corrected chi connectivity index (χ3v) is 10.5. The molecule has 0 saturated heterocycles. The quantitative estimate of drug-likeness (QED) is 0.101. The standard InChI is InChI=1S/C33H20N4O12S2/c1-33(2,17-3-7-19(8-4-17)48-50(42,43)21-11-13-25-23(15-21)29(38)27(36-34)31(40)46-25)18-5-9-20(10-6-18)49-51(44,45)22-12-14-26-24(16-22)30(39)28(37-35)32(41)47-26/h3-16H,1-2H3/p+2. The van der Waals surface area contributed by atoms with Crippen molar-refractivity contribution in [2.75, 3.05) is 0 Å². The lowest BCUT2D eigenvalue weighted by molar-refractivity contribution is 0.471. The highest BCUT2D eigenvalue weighted by Gasteiger charge is 2.29. The Balaban J connectivity index is 1.19. The molecule has 2 aromatic heterocycles. The number of aromatic hydroxyl groups is 2. The van der Waals surface area contributed by atoms with E-state index in [1.807, 2.05) is 13.8 Å². The van der Waals surface area contributed by atoms with Crippen LogP contribution in [-0.2, 0) is 25.7 Å². The Morgan fingerprint density at radius 3 is 1.29 bits per heavy atom. The van der Waals surface area contributed by atoms with E-state index >= 15 is 0 Å². The fourth-order valence-electron chi connectivity index (χ4n) is 5.17. The number of hydrogen-bond acceptors (Lipinski definition) is 14. The van der Waals surface area contributed by atoms with Crippen LogP contribution in [0, 0.1) is 10.8 Å². The maximum atomic E-state index is 13.1. The highest BCUT2D eigenvalue weighted by molar-refractivity contribution is 7.87. The summed E-state index contributed by atoms with van der Waals surface area (Å²) in [5, 5.41) is 38.1. The van der Waals surface area contributed by atoms with Crippen LogP contribution in [-0.4, -0.2) is 27.0 Å². The van der Waals surface area contributed by atoms with Crippen molar-refractivity contribution in [1.29, 1.82) is 10.8 Å². The first-order valence-electron chi connectivity index (χ1n) is 14.5. The van der Waals surface area contributed by atoms with E-state index in [-0.39, 0.29) is 43.2 Å². The molecule has 256 valence electrons. The molecule has 2 N–H and O–H groups in total. The van der Waals surface area contributed by atoms with Crippen molar-refractivity contribution in [3.63, 3.8) is 0 Å². The normalized spacial score (nSPS) is 11.9. The molecule has 0 fully saturated rings. The summed E-state index contributed by atoms with van der Waals surface area (Å²) >= 11 is 0. The molecule has 0 aliphatic rings. The second-order valence-corrected chi connectivity index (χ2v) is 14.5. The molecular formula is C33H22N4O12S2+2. The van der Waals surface area contributed by atoms with Gasteiger partial charge in [0.1, 0.15) is 32.5 Å². The van der Waals surface area contributed by atoms with Gasteiger partial charge in [-0.2, -0.15) is 16.8 Å². The summed E-state index contributed by atoms with van der Waals surface area (Å²) in [6.07, 6.45) is 0. The van der Waals surface area contributed by atoms with E-state index in [0.717, 1.165) is 47.5 Å². The van der Waals surface area contributed by atoms with E-state index < -0.39 is 59.8 Å². The number of rotatable bonds is 8. The Labute approximate surface area is 286 Å². The Bertz CT molecular complexity index is 2640. The van der Waals surface area contributed by atoms with E-state index in [1.165, 1.54) is 24.3 Å². The maximum Gasteiger partial charge on any atom is 0.510 e. The minimum Gasteiger partial charge on any atom is -0.501 e. The minimum absolute atomic E-state index is 0.0374. The fraction of sp³-hybridized carbons (Fsp3) is 0.0909. The van der Waals surface area contributed by atoms with Crippen molar-refractivity contribution in [1.82, 2.24) is 0 Å². The second kappa shape index (κ2) is 12.3. The molecule has 0 amide bonds. The van der Waals surface area contributed by atoms with Crippen molar-refractivity contribution >= 4 is 53.5 Å². The van der Waals surface area contributed by atoms with Crippen LogP contribution in [0.2, 0.25) is 0 Å². The summed E-state index contributed by atoms with van der Waals surface area (Å²) in [7, 11) is -8.88. The average Bonchev–Trinajstić information content (AvgIpc) is 3.08. The lowest BCUT2D eigenvalue weighted by Gasteiger charge is -2.26. The summed E-state index contributed by atoms with van der Waals surface area (Å²) < 4.78 is 72.6. The summed E-state index contributed by atoms with van der Waals surface area (Å²) in [5.41, 5.74) is -3.33. The largest absolute Gasteiger partial charge is 0.510 e. The number of fused-ring (bicyclic) bond motifs is 2. The SMILES string of the molecule is CC(C)(c1ccc(OS(=O)(=O)c2ccc3oc(=O)c([N+]#N)c(O)c3c2)cc1)c1ccc(OS(=O)(=O)c2ccc3oc(=O)c([N+]#N)c(O)c3c2)cc1. The Morgan fingerprint density at radius 1 is 0.608 bits per heavy atom. The van der Waals surface area contributed by atoms with Crippen molar-refractivity contribution in [2.24, 2.45) is 0 Å². The van der Waals surface area contributed by atoms with E-state index in [1.54, 1.807) is 24.3 Å². The Morgan fingerprint density at radius 2 is 0.961 bits per heavy atom. The molecule has 4 aromatic carbocycles. The van der Waals surface area contributed by atoms with Gasteiger partial charge in [-0.25, -0.2) is 9.59 Å². The zero-order valence-electron chi connectivity index (χ0n) is 26.2. The molecule has 16 nitrogen and oxygen atoms in total. The summed E-state index contributed by atoms with van der Waals surface area (Å²) in [6, 6.07) is 18.8. The van der Waals surface area contributed by atoms with E-state index in [2.05, 4.69) is 9.95 Å². The maximum absolute atomic E-state index is 13.1. The van der Waals surface area contributed by atoms with Crippen LogP contribution in [0.1, 0.15) is 25.0 Å². The van der Waals surface area contributed by atoms with Crippen molar-refractivity contribution in [3.8, 4) is 23.0 Å². The molecule has 51 heavy (non-hydrogen) atoms. The van der Waals surface area contributed by atoms with E-state index in [4.69, 9.17) is 28.0 Å². The summed E-state index contributed by atoms with van der Waals surface area (Å²) in [6.45, 7) is 3.76. The first-order chi connectivity index (χ1) is 24.1. The molecule has 0 radical (unpaired) electrons. The van der Waals surface area contributed by atoms with Crippen molar-refractivity contribution in [3.05, 3.63) is 127 Å². The predicted molar refractivity (Wildman–Crippen MR) is 178 cm³/mol. The highest BCUT2D eigenvalue weighted by Crippen LogP contribution is 2.37. The molecular weight excluding hydrogens is 709 g/mol. The van der Waals surface area contributed by atoms with Gasteiger partial charge in [-0.1, -0.05) is 38.1 Å². The molecule has 6 aromatic rings. The smallest absolute Gasteiger partial charge is 0.501 e. The van der Waals surface area contributed by atoms with Gasteiger partial charge in [0.05, 0.1) is 10.8 Å². The van der Waals surface area contributed by atoms with Crippen LogP contribution < -0.4 is 19.6 Å². The van der Waals surface area contributed by atoms with Gasteiger partial charge >= 0.3 is 42.9 Å². The van der Waals surface area contributed by atoms with Gasteiger partial charge in [0.15, 0.2) is 9.95 Å². The fourth-order valence-corrected chi connectivity index (χ4v) is 7.08. The highest BCUT2D eigenvalue weighted by atomic mass is 32.2. The molecule has 2 heterocycles. The molecule has 18 heteroatoms. The lowest BCUT2D eigenvalue weighted by atomic mass is 9.78. The molecule has 0 aliphatic carbocycles. The van der Waals surface area contributed by atoms with Crippen LogP contribution in [0.15, 0.2) is 113 Å². The summed E-state index contributed by atoms with van der Waals surface area (Å²) in [4.78, 5) is 28.2. The molecule has 0 unspecified atom stereocenters. The predicted octanol–water partition coefficient (Wildman–Crippen LogP) is 6.14. The average molecular weight is 731 g/mol. The molecule has 0 aliphatic heterocycles. The van der Waals surface area contributed by atoms with Gasteiger partial charge in [-0.3, -0.25) is 0 Å². The van der Waals surface area contributed by atoms with Crippen LogP contribution in [0.5, 0.6) is 23.0 Å². The molecule has 0 bridgehead atoms. The van der Waals surface area contributed by atoms with E-state index in [0.29, 0.717) is 0 Å². The number of hydrogen-bond donors (Lipinski definition) is 2. The molecule has 6 rings (SSSR count). The van der Waals surface area contributed by atoms with Gasteiger partial charge in [0, 0.05) is 5.41 Å². The van der Waals surface area contributed by atoms with Gasteiger partial charge in [0.2, 0.25) is 22.3 Å². The lowest BCUT2D eigenvalue weighted by Crippen LogP contribution is -2.19. The van der Waals surface area contributed by atoms with Gasteiger partial charge in [-0.05, 0) is 71.8 Å². The minimum atomic E-state index is -4.44. The molecule has 0 saturated carbocycles. The third kappa shape index (κ3) is 6.16. The molecule has 0 spiro atoms. The number of nitrogens with zero attached hydrogens (tertiary/aromatic N) is 4. The van der Waals surface area contributed by atoms with Crippen molar-refractivity contribution < 1.29 is 44.2 Å². The second-order valence-electron chi connectivity index (χ2n) is 11.4. The Kier molecular flexibility index (Phi) is 8.22. The van der Waals surface area contributed by atoms with E-state index in [9.17, 15) is 36.6 Å².